The summed E-state index contributed by atoms with van der Waals surface area (Å²) in [5.74, 6) is -0.538. The molecule has 0 fully saturated rings. The fraction of sp³-hybridized carbons (Fsp3) is 0.500. The van der Waals surface area contributed by atoms with Gasteiger partial charge in [0, 0.05) is 6.92 Å². The van der Waals surface area contributed by atoms with Gasteiger partial charge in [-0.15, -0.1) is 0 Å². The maximum atomic E-state index is 9.95. The number of ether oxygens (including phenoxy) is 1. The summed E-state index contributed by atoms with van der Waals surface area (Å²) in [6.07, 6.45) is -1.46. The van der Waals surface area contributed by atoms with Crippen molar-refractivity contribution in [2.45, 2.75) is 6.92 Å². The van der Waals surface area contributed by atoms with E-state index in [9.17, 15) is 14.7 Å². The van der Waals surface area contributed by atoms with Crippen LogP contribution >= 0.6 is 0 Å². The normalized spacial score (nSPS) is 8.11. The van der Waals surface area contributed by atoms with Crippen molar-refractivity contribution in [2.75, 3.05) is 6.73 Å². The summed E-state index contributed by atoms with van der Waals surface area (Å²) < 4.78 is 4.18. The zero-order valence-electron chi connectivity index (χ0n) is 4.84. The van der Waals surface area contributed by atoms with Crippen LogP contribution in [-0.2, 0) is 14.6 Å². The highest BCUT2D eigenvalue weighted by Gasteiger charge is 1.96. The van der Waals surface area contributed by atoms with Crippen molar-refractivity contribution in [1.82, 2.24) is 5.32 Å². The lowest BCUT2D eigenvalue weighted by molar-refractivity contribution is -0.141. The highest BCUT2D eigenvalue weighted by Crippen LogP contribution is 1.71. The largest absolute Gasteiger partial charge is 0.453 e. The van der Waals surface area contributed by atoms with Crippen LogP contribution in [0.5, 0.6) is 0 Å². The molecule has 0 aliphatic carbocycles. The molecule has 1 N–H and O–H groups in total. The molecule has 0 aliphatic rings. The Bertz CT molecular complexity index is 108. The second-order valence-electron chi connectivity index (χ2n) is 1.24. The summed E-state index contributed by atoms with van der Waals surface area (Å²) >= 11 is 0. The molecule has 0 unspecified atom stereocenters. The van der Waals surface area contributed by atoms with Crippen LogP contribution in [0.4, 0.5) is 4.79 Å². The number of amides is 1. The first-order valence-electron chi connectivity index (χ1n) is 2.21. The van der Waals surface area contributed by atoms with Crippen molar-refractivity contribution in [1.29, 1.82) is 0 Å². The molecule has 5 nitrogen and oxygen atoms in total. The van der Waals surface area contributed by atoms with Crippen LogP contribution in [0.2, 0.25) is 0 Å². The molecule has 0 rings (SSSR count). The van der Waals surface area contributed by atoms with Gasteiger partial charge in [0.05, 0.1) is 0 Å². The van der Waals surface area contributed by atoms with Crippen LogP contribution in [-0.4, -0.2) is 18.8 Å². The van der Waals surface area contributed by atoms with Gasteiger partial charge in [-0.05, 0) is 0 Å². The smallest absolute Gasteiger partial charge is 0.444 e. The molecule has 51 valence electrons. The molecule has 0 aromatic heterocycles. The molecule has 0 aromatic carbocycles. The molecule has 0 aliphatic heterocycles. The summed E-state index contributed by atoms with van der Waals surface area (Å²) in [5.41, 5.74) is 0. The van der Waals surface area contributed by atoms with Crippen molar-refractivity contribution in [3.05, 3.63) is 0 Å². The van der Waals surface area contributed by atoms with Crippen LogP contribution in [0.1, 0.15) is 6.92 Å². The van der Waals surface area contributed by atoms with Crippen molar-refractivity contribution in [2.24, 2.45) is 0 Å². The van der Waals surface area contributed by atoms with Crippen LogP contribution in [0, 0.1) is 0 Å². The van der Waals surface area contributed by atoms with E-state index in [2.05, 4.69) is 4.74 Å². The van der Waals surface area contributed by atoms with E-state index >= 15 is 0 Å². The van der Waals surface area contributed by atoms with Gasteiger partial charge in [-0.3, -0.25) is 10.1 Å². The van der Waals surface area contributed by atoms with Gasteiger partial charge in [0.2, 0.25) is 0 Å². The average Bonchev–Trinajstić information content (AvgIpc) is 1.63. The molecule has 0 spiro atoms. The first-order chi connectivity index (χ1) is 4.13. The van der Waals surface area contributed by atoms with E-state index < -0.39 is 12.1 Å². The number of nitrogens with one attached hydrogen (secondary N) is 1. The number of carbonyl (C=O) groups excluding carboxylic acids is 2. The number of rotatable bonds is 2. The van der Waals surface area contributed by atoms with Crippen LogP contribution < -0.4 is 5.32 Å². The first-order valence-corrected chi connectivity index (χ1v) is 2.21. The summed E-state index contributed by atoms with van der Waals surface area (Å²) in [5, 5.41) is 11.3. The molecular weight excluding hydrogens is 126 g/mol. The highest BCUT2D eigenvalue weighted by molar-refractivity contribution is 5.67. The van der Waals surface area contributed by atoms with E-state index in [1.165, 1.54) is 6.92 Å². The zero-order chi connectivity index (χ0) is 7.28. The van der Waals surface area contributed by atoms with Gasteiger partial charge in [-0.1, -0.05) is 0 Å². The molecule has 0 saturated heterocycles. The van der Waals surface area contributed by atoms with E-state index in [0.717, 1.165) is 0 Å². The highest BCUT2D eigenvalue weighted by atomic mass is 16.5. The van der Waals surface area contributed by atoms with Crippen LogP contribution in [0.15, 0.2) is 0 Å². The quantitative estimate of drug-likeness (QED) is 0.412. The van der Waals surface area contributed by atoms with E-state index in [1.807, 2.05) is 0 Å². The third-order valence-corrected chi connectivity index (χ3v) is 0.492. The second kappa shape index (κ2) is 3.71. The third-order valence-electron chi connectivity index (χ3n) is 0.492. The predicted octanol–water partition coefficient (Wildman–Crippen LogP) is -0.353. The van der Waals surface area contributed by atoms with Gasteiger partial charge >= 0.3 is 12.1 Å². The topological polar surface area (TPSA) is 75.3 Å². The molecule has 0 heterocycles. The van der Waals surface area contributed by atoms with Crippen LogP contribution in [0.25, 0.3) is 0 Å². The molecule has 5 heteroatoms. The third kappa shape index (κ3) is 6.74. The minimum Gasteiger partial charge on any atom is -0.444 e. The Kier molecular flexibility index (Phi) is 3.19. The Morgan fingerprint density at radius 2 is 2.11 bits per heavy atom. The zero-order valence-corrected chi connectivity index (χ0v) is 4.84. The van der Waals surface area contributed by atoms with E-state index in [4.69, 9.17) is 0 Å². The Hall–Kier alpha value is -1.26. The van der Waals surface area contributed by atoms with Crippen LogP contribution in [0.3, 0.4) is 0 Å². The van der Waals surface area contributed by atoms with Crippen molar-refractivity contribution in [3.63, 3.8) is 0 Å². The molecule has 0 aromatic rings. The Morgan fingerprint density at radius 3 is 2.44 bits per heavy atom. The first kappa shape index (κ1) is 7.74. The minimum atomic E-state index is -1.46. The van der Waals surface area contributed by atoms with Gasteiger partial charge in [-0.25, -0.2) is 9.90 Å². The monoisotopic (exact) mass is 132 g/mol. The summed E-state index contributed by atoms with van der Waals surface area (Å²) in [6, 6.07) is 0. The Balaban J connectivity index is 3.10. The summed E-state index contributed by atoms with van der Waals surface area (Å²) in [4.78, 5) is 19.5. The Morgan fingerprint density at radius 1 is 1.56 bits per heavy atom. The van der Waals surface area contributed by atoms with Gasteiger partial charge in [0.1, 0.15) is 0 Å². The number of hydrogen-bond acceptors (Lipinski definition) is 3. The number of carbonyl (C=O) groups is 2. The van der Waals surface area contributed by atoms with Crippen molar-refractivity contribution in [3.8, 4) is 0 Å². The molecule has 9 heavy (non-hydrogen) atoms. The SMILES string of the molecule is CC(=O)OCNC([O])=O. The maximum Gasteiger partial charge on any atom is 0.453 e. The standard InChI is InChI=1S/C4H6NO4/c1-3(6)9-2-5-4(7)8/h5H,2H2,1H3. The van der Waals surface area contributed by atoms with E-state index in [0.29, 0.717) is 0 Å². The van der Waals surface area contributed by atoms with Gasteiger partial charge in [-0.2, -0.15) is 0 Å². The minimum absolute atomic E-state index is 0.350. The van der Waals surface area contributed by atoms with Crippen molar-refractivity contribution < 1.29 is 19.4 Å². The average molecular weight is 132 g/mol. The fourth-order valence-electron chi connectivity index (χ4n) is 0.197. The lowest BCUT2D eigenvalue weighted by atomic mass is 10.8. The van der Waals surface area contributed by atoms with Gasteiger partial charge in [0.15, 0.2) is 6.73 Å². The molecule has 1 amide bonds. The van der Waals surface area contributed by atoms with E-state index in [1.54, 1.807) is 5.32 Å². The summed E-state index contributed by atoms with van der Waals surface area (Å²) in [7, 11) is 0. The molecule has 1 radical (unpaired) electrons. The molecule has 0 saturated carbocycles. The number of hydrogen-bond donors (Lipinski definition) is 1. The van der Waals surface area contributed by atoms with Gasteiger partial charge in [0.25, 0.3) is 0 Å². The predicted molar refractivity (Wildman–Crippen MR) is 25.9 cm³/mol. The molecule has 0 bridgehead atoms. The molecule has 0 atom stereocenters. The fourth-order valence-corrected chi connectivity index (χ4v) is 0.197. The van der Waals surface area contributed by atoms with Gasteiger partial charge < -0.3 is 4.74 Å². The lowest BCUT2D eigenvalue weighted by Crippen LogP contribution is -2.24. The number of esters is 1. The second-order valence-corrected chi connectivity index (χ2v) is 1.24. The Labute approximate surface area is 51.6 Å². The maximum absolute atomic E-state index is 9.95. The lowest BCUT2D eigenvalue weighted by Gasteiger charge is -1.97. The molecular formula is C4H6NO4. The van der Waals surface area contributed by atoms with E-state index in [-0.39, 0.29) is 6.73 Å². The summed E-state index contributed by atoms with van der Waals surface area (Å²) in [6.45, 7) is 0.828. The van der Waals surface area contributed by atoms with Crippen molar-refractivity contribution >= 4 is 12.1 Å².